The molecular formula is C21H20ClN7O2. The third-order valence-corrected chi connectivity index (χ3v) is 6.03. The normalized spacial score (nSPS) is 21.0. The predicted molar refractivity (Wildman–Crippen MR) is 114 cm³/mol. The number of aryl methyl sites for hydroxylation is 1. The number of imidazole rings is 1. The molecule has 1 saturated carbocycles. The Morgan fingerprint density at radius 3 is 2.84 bits per heavy atom. The van der Waals surface area contributed by atoms with Crippen molar-refractivity contribution in [2.45, 2.75) is 26.3 Å². The van der Waals surface area contributed by atoms with Gasteiger partial charge in [-0.3, -0.25) is 14.3 Å². The number of aromatic nitrogens is 7. The first-order valence-corrected chi connectivity index (χ1v) is 10.3. The molecule has 4 aromatic heterocycles. The first-order valence-electron chi connectivity index (χ1n) is 9.91. The molecule has 4 aromatic rings. The van der Waals surface area contributed by atoms with Crippen molar-refractivity contribution >= 4 is 28.3 Å². The first-order chi connectivity index (χ1) is 14.9. The highest BCUT2D eigenvalue weighted by Gasteiger charge is 2.49. The van der Waals surface area contributed by atoms with Gasteiger partial charge in [-0.15, -0.1) is 0 Å². The number of rotatable bonds is 5. The molecule has 31 heavy (non-hydrogen) atoms. The number of halogens is 1. The molecule has 158 valence electrons. The van der Waals surface area contributed by atoms with Crippen molar-refractivity contribution in [2.24, 2.45) is 18.9 Å². The van der Waals surface area contributed by atoms with Crippen LogP contribution >= 0.6 is 11.6 Å². The fourth-order valence-corrected chi connectivity index (χ4v) is 4.05. The van der Waals surface area contributed by atoms with Crippen LogP contribution in [0.25, 0.3) is 16.7 Å². The number of allylic oxidation sites excluding steroid dienone is 2. The standard InChI is InChI=1S/C21H20ClN7O2/c1-11(15-5-4-13(22)7-23-15)6-14-12(2)17(14)19-26-16(31-27-19)8-29-10-25-20-18(21(29)30)28(3)9-24-20/h4-7,9-10,12,14,17H,8H2,1-3H3/b11-6+/t12-,14+,17+/m0/s1. The molecule has 0 spiro atoms. The molecule has 1 fully saturated rings. The van der Waals surface area contributed by atoms with E-state index in [0.29, 0.717) is 39.7 Å². The minimum Gasteiger partial charge on any atom is -0.337 e. The van der Waals surface area contributed by atoms with Crippen molar-refractivity contribution in [1.82, 2.24) is 34.2 Å². The van der Waals surface area contributed by atoms with Gasteiger partial charge in [0.25, 0.3) is 5.56 Å². The Kier molecular flexibility index (Phi) is 4.70. The second-order valence-electron chi connectivity index (χ2n) is 7.93. The molecule has 10 heteroatoms. The van der Waals surface area contributed by atoms with Gasteiger partial charge in [0.1, 0.15) is 12.9 Å². The summed E-state index contributed by atoms with van der Waals surface area (Å²) in [6.45, 7) is 4.36. The molecule has 1 aliphatic rings. The Balaban J connectivity index is 1.34. The van der Waals surface area contributed by atoms with E-state index in [0.717, 1.165) is 11.3 Å². The highest BCUT2D eigenvalue weighted by Crippen LogP contribution is 2.54. The summed E-state index contributed by atoms with van der Waals surface area (Å²) in [4.78, 5) is 29.9. The molecule has 0 aromatic carbocycles. The highest BCUT2D eigenvalue weighted by atomic mass is 35.5. The molecular weight excluding hydrogens is 418 g/mol. The fraction of sp³-hybridized carbons (Fsp3) is 0.333. The van der Waals surface area contributed by atoms with Crippen LogP contribution in [-0.4, -0.2) is 34.2 Å². The molecule has 0 amide bonds. The Labute approximate surface area is 182 Å². The zero-order chi connectivity index (χ0) is 21.7. The first kappa shape index (κ1) is 19.6. The second kappa shape index (κ2) is 7.42. The van der Waals surface area contributed by atoms with Gasteiger partial charge in [0.2, 0.25) is 5.89 Å². The zero-order valence-corrected chi connectivity index (χ0v) is 18.0. The molecule has 0 saturated heterocycles. The summed E-state index contributed by atoms with van der Waals surface area (Å²) < 4.78 is 8.53. The van der Waals surface area contributed by atoms with Gasteiger partial charge in [0, 0.05) is 19.2 Å². The predicted octanol–water partition coefficient (Wildman–Crippen LogP) is 3.06. The van der Waals surface area contributed by atoms with E-state index < -0.39 is 0 Å². The number of fused-ring (bicyclic) bond motifs is 1. The molecule has 9 nitrogen and oxygen atoms in total. The van der Waals surface area contributed by atoms with E-state index >= 15 is 0 Å². The number of hydrogen-bond donors (Lipinski definition) is 0. The van der Waals surface area contributed by atoms with Crippen LogP contribution in [0.2, 0.25) is 5.02 Å². The molecule has 0 unspecified atom stereocenters. The minimum absolute atomic E-state index is 0.162. The van der Waals surface area contributed by atoms with Gasteiger partial charge in [-0.1, -0.05) is 29.8 Å². The number of hydrogen-bond acceptors (Lipinski definition) is 7. The van der Waals surface area contributed by atoms with E-state index in [2.05, 4.69) is 38.1 Å². The summed E-state index contributed by atoms with van der Waals surface area (Å²) in [5.41, 5.74) is 2.64. The third kappa shape index (κ3) is 3.54. The maximum atomic E-state index is 12.7. The summed E-state index contributed by atoms with van der Waals surface area (Å²) in [7, 11) is 1.76. The maximum absolute atomic E-state index is 12.7. The van der Waals surface area contributed by atoms with E-state index in [1.165, 1.54) is 10.9 Å². The van der Waals surface area contributed by atoms with Crippen LogP contribution in [0.5, 0.6) is 0 Å². The summed E-state index contributed by atoms with van der Waals surface area (Å²) in [5, 5.41) is 4.78. The van der Waals surface area contributed by atoms with Crippen LogP contribution in [0.1, 0.15) is 37.2 Å². The fourth-order valence-electron chi connectivity index (χ4n) is 3.94. The van der Waals surface area contributed by atoms with E-state index in [4.69, 9.17) is 16.1 Å². The Morgan fingerprint density at radius 1 is 1.26 bits per heavy atom. The van der Waals surface area contributed by atoms with Crippen LogP contribution < -0.4 is 5.56 Å². The van der Waals surface area contributed by atoms with Gasteiger partial charge in [-0.2, -0.15) is 4.98 Å². The third-order valence-electron chi connectivity index (χ3n) is 5.81. The van der Waals surface area contributed by atoms with Gasteiger partial charge in [0.15, 0.2) is 17.0 Å². The van der Waals surface area contributed by atoms with Crippen molar-refractivity contribution in [3.8, 4) is 0 Å². The number of nitrogens with zero attached hydrogens (tertiary/aromatic N) is 7. The molecule has 0 radical (unpaired) electrons. The van der Waals surface area contributed by atoms with Gasteiger partial charge in [-0.05, 0) is 36.5 Å². The Hall–Kier alpha value is -3.33. The van der Waals surface area contributed by atoms with Crippen LogP contribution in [0.15, 0.2) is 46.4 Å². The van der Waals surface area contributed by atoms with Crippen molar-refractivity contribution in [2.75, 3.05) is 0 Å². The minimum atomic E-state index is -0.198. The lowest BCUT2D eigenvalue weighted by Gasteiger charge is -2.01. The number of pyridine rings is 1. The van der Waals surface area contributed by atoms with Crippen molar-refractivity contribution in [3.63, 3.8) is 0 Å². The molecule has 3 atom stereocenters. The van der Waals surface area contributed by atoms with Gasteiger partial charge >= 0.3 is 0 Å². The molecule has 0 aliphatic heterocycles. The van der Waals surface area contributed by atoms with Gasteiger partial charge in [-0.25, -0.2) is 9.97 Å². The molecule has 4 heterocycles. The van der Waals surface area contributed by atoms with E-state index in [1.807, 2.05) is 19.1 Å². The average molecular weight is 438 g/mol. The van der Waals surface area contributed by atoms with Gasteiger partial charge in [0.05, 0.1) is 17.0 Å². The second-order valence-corrected chi connectivity index (χ2v) is 8.36. The lowest BCUT2D eigenvalue weighted by molar-refractivity contribution is 0.364. The largest absolute Gasteiger partial charge is 0.337 e. The average Bonchev–Trinajstić information content (AvgIpc) is 3.09. The SMILES string of the molecule is C/C(=C\[C@@H]1[C@H](C)[C@H]1c1noc(Cn2cnc3ncn(C)c3c2=O)n1)c1ccc(Cl)cn1. The molecule has 0 N–H and O–H groups in total. The van der Waals surface area contributed by atoms with Crippen molar-refractivity contribution in [1.29, 1.82) is 0 Å². The maximum Gasteiger partial charge on any atom is 0.280 e. The quantitative estimate of drug-likeness (QED) is 0.472. The van der Waals surface area contributed by atoms with Crippen molar-refractivity contribution in [3.05, 3.63) is 69.8 Å². The molecule has 0 bridgehead atoms. The van der Waals surface area contributed by atoms with E-state index in [1.54, 1.807) is 24.1 Å². The van der Waals surface area contributed by atoms with Crippen LogP contribution in [0.3, 0.4) is 0 Å². The Bertz CT molecular complexity index is 1350. The van der Waals surface area contributed by atoms with Crippen LogP contribution in [0, 0.1) is 11.8 Å². The zero-order valence-electron chi connectivity index (χ0n) is 17.2. The van der Waals surface area contributed by atoms with Crippen molar-refractivity contribution < 1.29 is 4.52 Å². The molecule has 1 aliphatic carbocycles. The van der Waals surface area contributed by atoms with Crippen LogP contribution in [-0.2, 0) is 13.6 Å². The smallest absolute Gasteiger partial charge is 0.280 e. The summed E-state index contributed by atoms with van der Waals surface area (Å²) in [6, 6.07) is 3.74. The summed E-state index contributed by atoms with van der Waals surface area (Å²) in [6.07, 6.45) is 6.87. The van der Waals surface area contributed by atoms with Crippen LogP contribution in [0.4, 0.5) is 0 Å². The Morgan fingerprint density at radius 2 is 2.06 bits per heavy atom. The highest BCUT2D eigenvalue weighted by molar-refractivity contribution is 6.30. The molecule has 5 rings (SSSR count). The summed E-state index contributed by atoms with van der Waals surface area (Å²) in [5.74, 6) is 1.90. The van der Waals surface area contributed by atoms with Gasteiger partial charge < -0.3 is 9.09 Å². The van der Waals surface area contributed by atoms with E-state index in [9.17, 15) is 4.79 Å². The topological polar surface area (TPSA) is 105 Å². The summed E-state index contributed by atoms with van der Waals surface area (Å²) >= 11 is 5.92. The van der Waals surface area contributed by atoms with E-state index in [-0.39, 0.29) is 18.0 Å². The lowest BCUT2D eigenvalue weighted by atomic mass is 10.1. The monoisotopic (exact) mass is 437 g/mol. The lowest BCUT2D eigenvalue weighted by Crippen LogP contribution is -2.22.